The molecule has 12 heavy (non-hydrogen) atoms. The molecule has 0 radical (unpaired) electrons. The minimum atomic E-state index is 0.973. The van der Waals surface area contributed by atoms with E-state index in [1.807, 2.05) is 36.4 Å². The molecule has 1 aromatic heterocycles. The molecule has 2 heteroatoms. The fraction of sp³-hybridized carbons (Fsp3) is 0. The summed E-state index contributed by atoms with van der Waals surface area (Å²) in [4.78, 5) is 0. The van der Waals surface area contributed by atoms with E-state index < -0.39 is 0 Å². The van der Waals surface area contributed by atoms with Crippen LogP contribution in [0.3, 0.4) is 0 Å². The van der Waals surface area contributed by atoms with Crippen molar-refractivity contribution in [2.24, 2.45) is 0 Å². The average molecular weight is 159 g/mol. The van der Waals surface area contributed by atoms with Gasteiger partial charge < -0.3 is 9.73 Å². The van der Waals surface area contributed by atoms with Gasteiger partial charge in [0.05, 0.1) is 12.0 Å². The van der Waals surface area contributed by atoms with E-state index in [-0.39, 0.29) is 0 Å². The van der Waals surface area contributed by atoms with E-state index in [4.69, 9.17) is 4.42 Å². The number of para-hydroxylation sites is 1. The molecule has 0 aliphatic heterocycles. The third-order valence-electron chi connectivity index (χ3n) is 1.58. The maximum absolute atomic E-state index is 4.92. The second-order valence-electron chi connectivity index (χ2n) is 2.50. The molecule has 60 valence electrons. The van der Waals surface area contributed by atoms with Crippen molar-refractivity contribution >= 4 is 11.4 Å². The summed E-state index contributed by atoms with van der Waals surface area (Å²) in [6, 6.07) is 11.9. The fourth-order valence-corrected chi connectivity index (χ4v) is 1.02. The third-order valence-corrected chi connectivity index (χ3v) is 1.58. The first-order valence-corrected chi connectivity index (χ1v) is 3.79. The van der Waals surface area contributed by atoms with Gasteiger partial charge in [-0.15, -0.1) is 0 Å². The Hall–Kier alpha value is -1.70. The second kappa shape index (κ2) is 3.13. The molecule has 0 saturated heterocycles. The summed E-state index contributed by atoms with van der Waals surface area (Å²) < 4.78 is 4.92. The molecule has 0 unspecified atom stereocenters. The Morgan fingerprint density at radius 1 is 0.917 bits per heavy atom. The zero-order valence-corrected chi connectivity index (χ0v) is 6.53. The van der Waals surface area contributed by atoms with Gasteiger partial charge in [-0.1, -0.05) is 18.2 Å². The molecular weight excluding hydrogens is 150 g/mol. The van der Waals surface area contributed by atoms with Crippen LogP contribution in [0.4, 0.5) is 11.4 Å². The van der Waals surface area contributed by atoms with Crippen LogP contribution in [0.5, 0.6) is 0 Å². The summed E-state index contributed by atoms with van der Waals surface area (Å²) in [5.41, 5.74) is 2.04. The molecule has 0 saturated carbocycles. The highest BCUT2D eigenvalue weighted by molar-refractivity contribution is 5.57. The summed E-state index contributed by atoms with van der Waals surface area (Å²) in [6.07, 6.45) is 3.32. The molecule has 2 nitrogen and oxygen atoms in total. The van der Waals surface area contributed by atoms with E-state index in [9.17, 15) is 0 Å². The van der Waals surface area contributed by atoms with Crippen LogP contribution in [-0.4, -0.2) is 0 Å². The predicted octanol–water partition coefficient (Wildman–Crippen LogP) is 3.02. The van der Waals surface area contributed by atoms with Gasteiger partial charge in [0, 0.05) is 5.69 Å². The molecule has 0 amide bonds. The summed E-state index contributed by atoms with van der Waals surface area (Å²) in [5.74, 6) is 0. The molecule has 0 fully saturated rings. The predicted molar refractivity (Wildman–Crippen MR) is 48.4 cm³/mol. The maximum atomic E-state index is 4.92. The van der Waals surface area contributed by atoms with Gasteiger partial charge in [0.15, 0.2) is 0 Å². The zero-order chi connectivity index (χ0) is 8.23. The first-order chi connectivity index (χ1) is 5.95. The Morgan fingerprint density at radius 3 is 2.42 bits per heavy atom. The average Bonchev–Trinajstić information content (AvgIpc) is 2.59. The lowest BCUT2D eigenvalue weighted by Gasteiger charge is -2.00. The minimum Gasteiger partial charge on any atom is -0.470 e. The summed E-state index contributed by atoms with van der Waals surface area (Å²) in [7, 11) is 0. The van der Waals surface area contributed by atoms with E-state index in [1.54, 1.807) is 12.5 Å². The Bertz CT molecular complexity index is 326. The monoisotopic (exact) mass is 159 g/mol. The largest absolute Gasteiger partial charge is 0.470 e. The van der Waals surface area contributed by atoms with Crippen LogP contribution in [0, 0.1) is 0 Å². The fourth-order valence-electron chi connectivity index (χ4n) is 1.02. The molecule has 1 heterocycles. The summed E-state index contributed by atoms with van der Waals surface area (Å²) >= 11 is 0. The lowest BCUT2D eigenvalue weighted by Crippen LogP contribution is -1.85. The molecular formula is C10H9NO. The smallest absolute Gasteiger partial charge is 0.114 e. The van der Waals surface area contributed by atoms with Gasteiger partial charge in [-0.05, 0) is 18.2 Å². The number of hydrogen-bond acceptors (Lipinski definition) is 2. The Kier molecular flexibility index (Phi) is 1.82. The number of furan rings is 1. The van der Waals surface area contributed by atoms with E-state index in [1.165, 1.54) is 0 Å². The van der Waals surface area contributed by atoms with E-state index in [0.29, 0.717) is 0 Å². The van der Waals surface area contributed by atoms with Crippen LogP contribution in [0.2, 0.25) is 0 Å². The van der Waals surface area contributed by atoms with E-state index in [2.05, 4.69) is 5.32 Å². The topological polar surface area (TPSA) is 25.2 Å². The standard InChI is InChI=1S/C10H9NO/c1-2-4-9(5-3-1)11-10-6-7-12-8-10/h1-8,11H. The van der Waals surface area contributed by atoms with E-state index in [0.717, 1.165) is 11.4 Å². The number of nitrogens with one attached hydrogen (secondary N) is 1. The molecule has 0 spiro atoms. The molecule has 0 atom stereocenters. The Balaban J connectivity index is 2.15. The van der Waals surface area contributed by atoms with Gasteiger partial charge in [0.25, 0.3) is 0 Å². The molecule has 2 rings (SSSR count). The van der Waals surface area contributed by atoms with Crippen molar-refractivity contribution in [2.45, 2.75) is 0 Å². The highest BCUT2D eigenvalue weighted by Crippen LogP contribution is 2.15. The van der Waals surface area contributed by atoms with Crippen LogP contribution < -0.4 is 5.32 Å². The molecule has 1 N–H and O–H groups in total. The SMILES string of the molecule is c1ccc(Nc2ccoc2)cc1. The van der Waals surface area contributed by atoms with E-state index >= 15 is 0 Å². The van der Waals surface area contributed by atoms with Gasteiger partial charge >= 0.3 is 0 Å². The minimum absolute atomic E-state index is 0.973. The van der Waals surface area contributed by atoms with Crippen molar-refractivity contribution in [3.05, 3.63) is 48.9 Å². The van der Waals surface area contributed by atoms with Crippen molar-refractivity contribution in [3.63, 3.8) is 0 Å². The van der Waals surface area contributed by atoms with Crippen molar-refractivity contribution in [1.29, 1.82) is 0 Å². The highest BCUT2D eigenvalue weighted by Gasteiger charge is 1.92. The van der Waals surface area contributed by atoms with Crippen LogP contribution in [0.1, 0.15) is 0 Å². The molecule has 1 aromatic carbocycles. The van der Waals surface area contributed by atoms with Crippen LogP contribution in [0.15, 0.2) is 53.3 Å². The number of anilines is 2. The normalized spacial score (nSPS) is 9.67. The first kappa shape index (κ1) is 6.98. The van der Waals surface area contributed by atoms with Gasteiger partial charge in [-0.2, -0.15) is 0 Å². The van der Waals surface area contributed by atoms with Crippen molar-refractivity contribution < 1.29 is 4.42 Å². The quantitative estimate of drug-likeness (QED) is 0.728. The van der Waals surface area contributed by atoms with Crippen molar-refractivity contribution in [2.75, 3.05) is 5.32 Å². The number of rotatable bonds is 2. The Labute approximate surface area is 70.8 Å². The molecule has 0 bridgehead atoms. The van der Waals surface area contributed by atoms with Gasteiger partial charge in [-0.3, -0.25) is 0 Å². The number of hydrogen-bond donors (Lipinski definition) is 1. The van der Waals surface area contributed by atoms with Crippen LogP contribution in [-0.2, 0) is 0 Å². The van der Waals surface area contributed by atoms with Crippen LogP contribution in [0.25, 0.3) is 0 Å². The van der Waals surface area contributed by atoms with Crippen molar-refractivity contribution in [1.82, 2.24) is 0 Å². The molecule has 2 aromatic rings. The first-order valence-electron chi connectivity index (χ1n) is 3.79. The second-order valence-corrected chi connectivity index (χ2v) is 2.50. The van der Waals surface area contributed by atoms with Crippen LogP contribution >= 0.6 is 0 Å². The molecule has 0 aliphatic carbocycles. The zero-order valence-electron chi connectivity index (χ0n) is 6.53. The van der Waals surface area contributed by atoms with Gasteiger partial charge in [-0.25, -0.2) is 0 Å². The Morgan fingerprint density at radius 2 is 1.75 bits per heavy atom. The maximum Gasteiger partial charge on any atom is 0.114 e. The highest BCUT2D eigenvalue weighted by atomic mass is 16.3. The number of benzene rings is 1. The van der Waals surface area contributed by atoms with Gasteiger partial charge in [0.2, 0.25) is 0 Å². The lowest BCUT2D eigenvalue weighted by molar-refractivity contribution is 0.568. The van der Waals surface area contributed by atoms with Crippen molar-refractivity contribution in [3.8, 4) is 0 Å². The molecule has 0 aliphatic rings. The summed E-state index contributed by atoms with van der Waals surface area (Å²) in [6.45, 7) is 0. The summed E-state index contributed by atoms with van der Waals surface area (Å²) in [5, 5.41) is 3.19. The lowest BCUT2D eigenvalue weighted by atomic mass is 10.3. The van der Waals surface area contributed by atoms with Gasteiger partial charge in [0.1, 0.15) is 6.26 Å². The third kappa shape index (κ3) is 1.48.